The van der Waals surface area contributed by atoms with Gasteiger partial charge >= 0.3 is 0 Å². The summed E-state index contributed by atoms with van der Waals surface area (Å²) in [4.78, 5) is 19.4. The van der Waals surface area contributed by atoms with E-state index in [1.165, 1.54) is 6.07 Å². The van der Waals surface area contributed by atoms with E-state index in [2.05, 4.69) is 21.8 Å². The Labute approximate surface area is 221 Å². The Morgan fingerprint density at radius 3 is 2.42 bits per heavy atom. The van der Waals surface area contributed by atoms with Crippen molar-refractivity contribution < 1.29 is 26.7 Å². The number of pyridine rings is 1. The molecule has 2 heterocycles. The van der Waals surface area contributed by atoms with Gasteiger partial charge in [0, 0.05) is 18.7 Å². The van der Waals surface area contributed by atoms with Crippen LogP contribution in [0.4, 0.5) is 8.78 Å². The number of nitrogens with zero attached hydrogens (tertiary/aromatic N) is 2. The first-order valence-corrected chi connectivity index (χ1v) is 13.8. The second-order valence-corrected chi connectivity index (χ2v) is 11.3. The number of rotatable bonds is 8. The van der Waals surface area contributed by atoms with Crippen molar-refractivity contribution in [2.75, 3.05) is 6.61 Å². The number of alkyl halides is 2. The molecular weight excluding hydrogens is 512 g/mol. The zero-order valence-electron chi connectivity index (χ0n) is 22.0. The molecule has 1 amide bonds. The second-order valence-electron chi connectivity index (χ2n) is 9.66. The number of ether oxygens (including phenoxy) is 1. The van der Waals surface area contributed by atoms with Crippen LogP contribution in [0.1, 0.15) is 59.3 Å². The van der Waals surface area contributed by atoms with Crippen molar-refractivity contribution in [3.63, 3.8) is 0 Å². The van der Waals surface area contributed by atoms with Gasteiger partial charge in [-0.2, -0.15) is 8.42 Å². The minimum atomic E-state index is -4.53. The molecule has 4 rings (SSSR count). The van der Waals surface area contributed by atoms with Crippen molar-refractivity contribution >= 4 is 15.9 Å². The molecule has 0 bridgehead atoms. The number of aromatic nitrogens is 1. The third-order valence-electron chi connectivity index (χ3n) is 7.04. The number of amides is 1. The summed E-state index contributed by atoms with van der Waals surface area (Å²) in [5.41, 5.74) is 3.61. The van der Waals surface area contributed by atoms with Crippen LogP contribution in [0.15, 0.2) is 53.6 Å². The molecule has 1 aliphatic heterocycles. The summed E-state index contributed by atoms with van der Waals surface area (Å²) < 4.78 is 60.5. The highest BCUT2D eigenvalue weighted by Crippen LogP contribution is 2.44. The van der Waals surface area contributed by atoms with E-state index < -0.39 is 38.6 Å². The first-order chi connectivity index (χ1) is 17.9. The summed E-state index contributed by atoms with van der Waals surface area (Å²) in [6.45, 7) is 10.7. The third-order valence-corrected chi connectivity index (χ3v) is 8.27. The lowest BCUT2D eigenvalue weighted by molar-refractivity contribution is -0.131. The average molecular weight is 544 g/mol. The highest BCUT2D eigenvalue weighted by molar-refractivity contribution is 7.90. The van der Waals surface area contributed by atoms with E-state index >= 15 is 0 Å². The minimum Gasteiger partial charge on any atom is -0.494 e. The first-order valence-electron chi connectivity index (χ1n) is 12.3. The maximum atomic E-state index is 13.9. The summed E-state index contributed by atoms with van der Waals surface area (Å²) >= 11 is 0. The molecule has 0 saturated heterocycles. The van der Waals surface area contributed by atoms with E-state index in [4.69, 9.17) is 4.74 Å². The van der Waals surface area contributed by atoms with Crippen LogP contribution < -0.4 is 9.46 Å². The fourth-order valence-corrected chi connectivity index (χ4v) is 6.13. The van der Waals surface area contributed by atoms with Crippen molar-refractivity contribution in [1.29, 1.82) is 0 Å². The lowest BCUT2D eigenvalue weighted by atomic mass is 9.89. The van der Waals surface area contributed by atoms with Gasteiger partial charge in [-0.15, -0.1) is 0 Å². The van der Waals surface area contributed by atoms with Crippen LogP contribution in [0.5, 0.6) is 5.75 Å². The highest BCUT2D eigenvalue weighted by Gasteiger charge is 2.49. The van der Waals surface area contributed by atoms with Gasteiger partial charge in [0.05, 0.1) is 6.61 Å². The molecule has 1 N–H and O–H groups in total. The molecule has 0 aliphatic carbocycles. The van der Waals surface area contributed by atoms with Gasteiger partial charge in [-0.3, -0.25) is 9.69 Å². The highest BCUT2D eigenvalue weighted by atomic mass is 32.2. The predicted molar refractivity (Wildman–Crippen MR) is 139 cm³/mol. The number of benzene rings is 2. The van der Waals surface area contributed by atoms with Crippen molar-refractivity contribution in [2.45, 2.75) is 64.7 Å². The van der Waals surface area contributed by atoms with E-state index in [-0.39, 0.29) is 0 Å². The number of nitrogens with one attached hydrogen (secondary N) is 1. The maximum absolute atomic E-state index is 13.9. The van der Waals surface area contributed by atoms with Crippen LogP contribution >= 0.6 is 0 Å². The van der Waals surface area contributed by atoms with Crippen LogP contribution in [-0.2, 0) is 33.4 Å². The number of aryl methyl sites for hydroxylation is 3. The van der Waals surface area contributed by atoms with Crippen molar-refractivity contribution in [3.05, 3.63) is 87.6 Å². The number of carbonyl (C=O) groups is 1. The third kappa shape index (κ3) is 5.02. The molecule has 0 spiro atoms. The number of sulfonamides is 1. The topological polar surface area (TPSA) is 88.6 Å². The van der Waals surface area contributed by atoms with Gasteiger partial charge < -0.3 is 4.74 Å². The molecule has 2 aromatic carbocycles. The smallest absolute Gasteiger partial charge is 0.281 e. The summed E-state index contributed by atoms with van der Waals surface area (Å²) in [5.74, 6) is -0.186. The summed E-state index contributed by atoms with van der Waals surface area (Å²) in [7, 11) is -4.53. The normalized spacial score (nSPS) is 17.5. The standard InChI is InChI=1S/C28H31F2N3O4S/c1-6-37-24-11-7-9-22-21(24)16-33(15-20-18(3)13-17(2)14-19(20)4)28(22,5)27(34)32-38(35,36)25-12-8-10-23(31-25)26(29)30/h7-14,26H,6,15-16H2,1-5H3,(H,32,34). The molecule has 10 heteroatoms. The summed E-state index contributed by atoms with van der Waals surface area (Å²) in [6, 6.07) is 12.8. The second kappa shape index (κ2) is 10.4. The molecular formula is C28H31F2N3O4S. The van der Waals surface area contributed by atoms with Crippen molar-refractivity contribution in [1.82, 2.24) is 14.6 Å². The van der Waals surface area contributed by atoms with Gasteiger partial charge in [0.25, 0.3) is 22.4 Å². The molecule has 38 heavy (non-hydrogen) atoms. The molecule has 202 valence electrons. The van der Waals surface area contributed by atoms with Crippen molar-refractivity contribution in [3.8, 4) is 5.75 Å². The minimum absolute atomic E-state index is 0.349. The summed E-state index contributed by atoms with van der Waals surface area (Å²) in [6.07, 6.45) is -2.95. The molecule has 0 fully saturated rings. The Morgan fingerprint density at radius 2 is 1.79 bits per heavy atom. The van der Waals surface area contributed by atoms with Crippen LogP contribution in [-0.4, -0.2) is 30.8 Å². The lowest BCUT2D eigenvalue weighted by Gasteiger charge is -2.35. The zero-order chi connectivity index (χ0) is 27.8. The number of carbonyl (C=O) groups excluding carboxylic acids is 1. The fraction of sp³-hybridized carbons (Fsp3) is 0.357. The molecule has 0 saturated carbocycles. The van der Waals surface area contributed by atoms with Crippen LogP contribution in [0.3, 0.4) is 0 Å². The number of hydrogen-bond donors (Lipinski definition) is 1. The van der Waals surface area contributed by atoms with Gasteiger partial charge in [0.2, 0.25) is 0 Å². The number of halogens is 2. The Hall–Kier alpha value is -3.37. The fourth-order valence-electron chi connectivity index (χ4n) is 5.10. The van der Waals surface area contributed by atoms with Crippen LogP contribution in [0, 0.1) is 20.8 Å². The lowest BCUT2D eigenvalue weighted by Crippen LogP contribution is -2.52. The van der Waals surface area contributed by atoms with Gasteiger partial charge in [0.15, 0.2) is 5.03 Å². The largest absolute Gasteiger partial charge is 0.494 e. The van der Waals surface area contributed by atoms with E-state index in [1.54, 1.807) is 19.1 Å². The molecule has 1 unspecified atom stereocenters. The molecule has 7 nitrogen and oxygen atoms in total. The van der Waals surface area contributed by atoms with Gasteiger partial charge in [0.1, 0.15) is 17.0 Å². The Morgan fingerprint density at radius 1 is 1.13 bits per heavy atom. The van der Waals surface area contributed by atoms with Crippen molar-refractivity contribution in [2.24, 2.45) is 0 Å². The molecule has 1 atom stereocenters. The predicted octanol–water partition coefficient (Wildman–Crippen LogP) is 5.08. The van der Waals surface area contributed by atoms with Gasteiger partial charge in [-0.25, -0.2) is 18.5 Å². The molecule has 1 aromatic heterocycles. The van der Waals surface area contributed by atoms with E-state index in [0.717, 1.165) is 39.9 Å². The zero-order valence-corrected chi connectivity index (χ0v) is 22.8. The average Bonchev–Trinajstić information content (AvgIpc) is 3.15. The SMILES string of the molecule is CCOc1cccc2c1CN(Cc1c(C)cc(C)cc1C)C2(C)C(=O)NS(=O)(=O)c1cccc(C(F)F)n1. The Balaban J connectivity index is 1.77. The van der Waals surface area contributed by atoms with Gasteiger partial charge in [-0.1, -0.05) is 35.9 Å². The van der Waals surface area contributed by atoms with E-state index in [9.17, 15) is 22.0 Å². The number of fused-ring (bicyclic) bond motifs is 1. The van der Waals surface area contributed by atoms with E-state index in [1.807, 2.05) is 38.7 Å². The first kappa shape index (κ1) is 27.7. The van der Waals surface area contributed by atoms with Gasteiger partial charge in [-0.05, 0) is 75.1 Å². The maximum Gasteiger partial charge on any atom is 0.281 e. The van der Waals surface area contributed by atoms with E-state index in [0.29, 0.717) is 31.0 Å². The Kier molecular flexibility index (Phi) is 7.58. The number of hydrogen-bond acceptors (Lipinski definition) is 6. The quantitative estimate of drug-likeness (QED) is 0.426. The molecule has 0 radical (unpaired) electrons. The van der Waals surface area contributed by atoms with Crippen LogP contribution in [0.2, 0.25) is 0 Å². The monoisotopic (exact) mass is 543 g/mol. The Bertz CT molecular complexity index is 1470. The molecule has 1 aliphatic rings. The molecule has 3 aromatic rings. The van der Waals surface area contributed by atoms with Crippen LogP contribution in [0.25, 0.3) is 0 Å². The summed E-state index contributed by atoms with van der Waals surface area (Å²) in [5, 5.41) is -0.648.